The molecule has 1 aliphatic heterocycles. The lowest BCUT2D eigenvalue weighted by Gasteiger charge is -2.36. The normalized spacial score (nSPS) is 15.4. The van der Waals surface area contributed by atoms with E-state index in [1.165, 1.54) is 14.2 Å². The zero-order valence-corrected chi connectivity index (χ0v) is 16.1. The first kappa shape index (κ1) is 19.0. The van der Waals surface area contributed by atoms with Gasteiger partial charge in [0.1, 0.15) is 4.32 Å². The van der Waals surface area contributed by atoms with Crippen LogP contribution < -0.4 is 9.47 Å². The number of aromatic hydroxyl groups is 2. The molecule has 0 radical (unpaired) electrons. The Balaban J connectivity index is 2.19. The van der Waals surface area contributed by atoms with Crippen LogP contribution in [0.5, 0.6) is 23.0 Å². The van der Waals surface area contributed by atoms with E-state index in [0.717, 1.165) is 30.5 Å². The Hall–Kier alpha value is -1.38. The maximum atomic E-state index is 10.5. The molecule has 24 heavy (non-hydrogen) atoms. The molecule has 0 aromatic heterocycles. The molecule has 1 fully saturated rings. The topological polar surface area (TPSA) is 65.4 Å². The van der Waals surface area contributed by atoms with Crippen molar-refractivity contribution in [2.24, 2.45) is 0 Å². The van der Waals surface area contributed by atoms with E-state index in [-0.39, 0.29) is 23.0 Å². The molecule has 2 N–H and O–H groups in total. The molecule has 0 unspecified atom stereocenters. The standard InChI is InChI=1S/C16H24N2O4S2/c1-10-11(13(20)15(22-3)14(21-2)12(10)19)9-17-5-7-18(8-6-17)16(23)24-4/h19-20H,5-9H2,1-4H3. The van der Waals surface area contributed by atoms with Crippen LogP contribution in [0.15, 0.2) is 0 Å². The molecular weight excluding hydrogens is 348 g/mol. The predicted molar refractivity (Wildman–Crippen MR) is 101 cm³/mol. The summed E-state index contributed by atoms with van der Waals surface area (Å²) in [5.74, 6) is 0.347. The van der Waals surface area contributed by atoms with Crippen molar-refractivity contribution in [2.45, 2.75) is 13.5 Å². The minimum Gasteiger partial charge on any atom is -0.504 e. The summed E-state index contributed by atoms with van der Waals surface area (Å²) in [6.45, 7) is 5.71. The smallest absolute Gasteiger partial charge is 0.207 e. The fourth-order valence-electron chi connectivity index (χ4n) is 2.86. The number of hydrogen-bond acceptors (Lipinski definition) is 7. The van der Waals surface area contributed by atoms with E-state index in [2.05, 4.69) is 9.80 Å². The quantitative estimate of drug-likeness (QED) is 0.616. The van der Waals surface area contributed by atoms with Crippen LogP contribution in [0.2, 0.25) is 0 Å². The molecule has 134 valence electrons. The van der Waals surface area contributed by atoms with Crippen LogP contribution in [0.25, 0.3) is 0 Å². The average molecular weight is 373 g/mol. The number of piperazine rings is 1. The van der Waals surface area contributed by atoms with Gasteiger partial charge in [-0.15, -0.1) is 11.8 Å². The van der Waals surface area contributed by atoms with Crippen molar-refractivity contribution in [3.05, 3.63) is 11.1 Å². The van der Waals surface area contributed by atoms with Crippen molar-refractivity contribution in [3.8, 4) is 23.0 Å². The zero-order chi connectivity index (χ0) is 17.9. The second-order valence-corrected chi connectivity index (χ2v) is 7.04. The molecule has 0 aliphatic carbocycles. The van der Waals surface area contributed by atoms with Crippen molar-refractivity contribution in [1.82, 2.24) is 9.80 Å². The monoisotopic (exact) mass is 372 g/mol. The van der Waals surface area contributed by atoms with Crippen molar-refractivity contribution >= 4 is 28.3 Å². The third-order valence-electron chi connectivity index (χ3n) is 4.33. The van der Waals surface area contributed by atoms with Gasteiger partial charge in [-0.1, -0.05) is 12.2 Å². The molecular formula is C16H24N2O4S2. The fourth-order valence-corrected chi connectivity index (χ4v) is 3.48. The Morgan fingerprint density at radius 3 is 2.12 bits per heavy atom. The van der Waals surface area contributed by atoms with Gasteiger partial charge in [-0.3, -0.25) is 4.90 Å². The van der Waals surface area contributed by atoms with Crippen LogP contribution in [0, 0.1) is 6.92 Å². The zero-order valence-electron chi connectivity index (χ0n) is 14.5. The summed E-state index contributed by atoms with van der Waals surface area (Å²) >= 11 is 6.92. The molecule has 1 saturated heterocycles. The number of phenolic OH excluding ortho intramolecular Hbond substituents is 2. The summed E-state index contributed by atoms with van der Waals surface area (Å²) in [4.78, 5) is 4.42. The minimum absolute atomic E-state index is 0.00402. The molecule has 1 aliphatic rings. The van der Waals surface area contributed by atoms with E-state index < -0.39 is 0 Å². The Labute approximate surface area is 152 Å². The van der Waals surface area contributed by atoms with Crippen LogP contribution in [-0.2, 0) is 6.54 Å². The summed E-state index contributed by atoms with van der Waals surface area (Å²) < 4.78 is 11.3. The van der Waals surface area contributed by atoms with E-state index >= 15 is 0 Å². The summed E-state index contributed by atoms with van der Waals surface area (Å²) in [6.07, 6.45) is 1.99. The Morgan fingerprint density at radius 1 is 1.08 bits per heavy atom. The van der Waals surface area contributed by atoms with E-state index in [1.54, 1.807) is 18.7 Å². The molecule has 1 aromatic carbocycles. The van der Waals surface area contributed by atoms with Gasteiger partial charge in [0.05, 0.1) is 14.2 Å². The Kier molecular flexibility index (Phi) is 6.42. The van der Waals surface area contributed by atoms with Crippen LogP contribution in [-0.4, -0.2) is 71.0 Å². The van der Waals surface area contributed by atoms with E-state index in [1.807, 2.05) is 6.26 Å². The van der Waals surface area contributed by atoms with Crippen LogP contribution in [0.4, 0.5) is 0 Å². The number of rotatable bonds is 4. The molecule has 0 spiro atoms. The maximum Gasteiger partial charge on any atom is 0.207 e. The summed E-state index contributed by atoms with van der Waals surface area (Å²) in [7, 11) is 2.88. The number of methoxy groups -OCH3 is 2. The van der Waals surface area contributed by atoms with Gasteiger partial charge >= 0.3 is 0 Å². The fraction of sp³-hybridized carbons (Fsp3) is 0.562. The lowest BCUT2D eigenvalue weighted by molar-refractivity contribution is 0.176. The van der Waals surface area contributed by atoms with Gasteiger partial charge in [0.15, 0.2) is 11.5 Å². The predicted octanol–water partition coefficient (Wildman–Crippen LogP) is 2.19. The second-order valence-electron chi connectivity index (χ2n) is 5.60. The van der Waals surface area contributed by atoms with Gasteiger partial charge in [-0.2, -0.15) is 0 Å². The van der Waals surface area contributed by atoms with Crippen LogP contribution >= 0.6 is 24.0 Å². The Bertz CT molecular complexity index is 617. The van der Waals surface area contributed by atoms with Crippen molar-refractivity contribution in [2.75, 3.05) is 46.7 Å². The maximum absolute atomic E-state index is 10.5. The lowest BCUT2D eigenvalue weighted by Crippen LogP contribution is -2.47. The molecule has 8 heteroatoms. The first-order chi connectivity index (χ1) is 11.4. The van der Waals surface area contributed by atoms with E-state index in [0.29, 0.717) is 17.7 Å². The highest BCUT2D eigenvalue weighted by molar-refractivity contribution is 8.22. The number of thioether (sulfide) groups is 1. The number of thiocarbonyl (C=S) groups is 1. The van der Waals surface area contributed by atoms with Gasteiger partial charge in [-0.05, 0) is 13.2 Å². The highest BCUT2D eigenvalue weighted by atomic mass is 32.2. The lowest BCUT2D eigenvalue weighted by atomic mass is 10.0. The SMILES string of the molecule is COc1c(O)c(C)c(CN2CCN(C(=S)SC)CC2)c(O)c1OC. The van der Waals surface area contributed by atoms with Gasteiger partial charge < -0.3 is 24.6 Å². The van der Waals surface area contributed by atoms with Crippen LogP contribution in [0.1, 0.15) is 11.1 Å². The van der Waals surface area contributed by atoms with Crippen molar-refractivity contribution in [1.29, 1.82) is 0 Å². The molecule has 2 rings (SSSR count). The molecule has 0 saturated carbocycles. The first-order valence-electron chi connectivity index (χ1n) is 7.65. The minimum atomic E-state index is 0.00402. The molecule has 0 amide bonds. The molecule has 1 heterocycles. The van der Waals surface area contributed by atoms with E-state index in [9.17, 15) is 10.2 Å². The Morgan fingerprint density at radius 2 is 1.62 bits per heavy atom. The highest BCUT2D eigenvalue weighted by Crippen LogP contribution is 2.48. The average Bonchev–Trinajstić information content (AvgIpc) is 2.61. The highest BCUT2D eigenvalue weighted by Gasteiger charge is 2.26. The van der Waals surface area contributed by atoms with Gasteiger partial charge in [0, 0.05) is 43.9 Å². The van der Waals surface area contributed by atoms with Gasteiger partial charge in [-0.25, -0.2) is 0 Å². The summed E-state index contributed by atoms with van der Waals surface area (Å²) in [5.41, 5.74) is 1.26. The molecule has 0 atom stereocenters. The number of hydrogen-bond donors (Lipinski definition) is 2. The van der Waals surface area contributed by atoms with Crippen molar-refractivity contribution in [3.63, 3.8) is 0 Å². The first-order valence-corrected chi connectivity index (χ1v) is 9.28. The summed E-state index contributed by atoms with van der Waals surface area (Å²) in [5, 5.41) is 20.9. The van der Waals surface area contributed by atoms with Crippen LogP contribution in [0.3, 0.4) is 0 Å². The van der Waals surface area contributed by atoms with Crippen molar-refractivity contribution < 1.29 is 19.7 Å². The summed E-state index contributed by atoms with van der Waals surface area (Å²) in [6, 6.07) is 0. The van der Waals surface area contributed by atoms with Gasteiger partial charge in [0.25, 0.3) is 0 Å². The number of nitrogens with zero attached hydrogens (tertiary/aromatic N) is 2. The molecule has 1 aromatic rings. The third-order valence-corrected chi connectivity index (χ3v) is 5.69. The van der Waals surface area contributed by atoms with E-state index in [4.69, 9.17) is 21.7 Å². The second kappa shape index (κ2) is 8.13. The number of phenols is 2. The largest absolute Gasteiger partial charge is 0.504 e. The molecule has 6 nitrogen and oxygen atoms in total. The number of ether oxygens (including phenoxy) is 2. The molecule has 0 bridgehead atoms. The van der Waals surface area contributed by atoms with Gasteiger partial charge in [0.2, 0.25) is 11.5 Å². The number of benzene rings is 1. The third kappa shape index (κ3) is 3.65.